The monoisotopic (exact) mass is 566 g/mol. The first-order chi connectivity index (χ1) is 17.7. The largest absolute Gasteiger partial charge is 0.490 e. The zero-order valence-electron chi connectivity index (χ0n) is 19.3. The molecule has 11 nitrogen and oxygen atoms in total. The number of benzene rings is 3. The van der Waals surface area contributed by atoms with Crippen LogP contribution in [0.1, 0.15) is 18.1 Å². The third-order valence-corrected chi connectivity index (χ3v) is 5.55. The molecule has 12 heteroatoms. The van der Waals surface area contributed by atoms with Gasteiger partial charge in [-0.3, -0.25) is 25.0 Å². The maximum Gasteiger partial charge on any atom is 0.271 e. The summed E-state index contributed by atoms with van der Waals surface area (Å²) in [5.74, 6) is -0.0745. The highest BCUT2D eigenvalue weighted by molar-refractivity contribution is 9.10. The molecule has 0 atom stereocenters. The number of nitriles is 1. The van der Waals surface area contributed by atoms with Gasteiger partial charge in [-0.25, -0.2) is 0 Å². The molecule has 0 fully saturated rings. The van der Waals surface area contributed by atoms with E-state index in [-0.39, 0.29) is 29.2 Å². The van der Waals surface area contributed by atoms with E-state index in [2.05, 4.69) is 21.2 Å². The Morgan fingerprint density at radius 3 is 2.32 bits per heavy atom. The Kier molecular flexibility index (Phi) is 8.90. The fraction of sp³-hybridized carbons (Fsp3) is 0.120. The standard InChI is InChI=1S/C25H19BrN4O7/c1-2-36-23-11-17(10-18(14-27)25(31)28-19-6-4-8-21(12-19)30(34)35)22(26)13-24(23)37-15-16-5-3-7-20(9-16)29(32)33/h3-13H,2,15H2,1H3,(H,28,31)/b18-10+. The van der Waals surface area contributed by atoms with Gasteiger partial charge in [0.15, 0.2) is 11.5 Å². The van der Waals surface area contributed by atoms with Crippen LogP contribution in [0.15, 0.2) is 70.7 Å². The number of amides is 1. The number of nitro groups is 2. The van der Waals surface area contributed by atoms with E-state index in [4.69, 9.17) is 9.47 Å². The molecule has 1 amide bonds. The highest BCUT2D eigenvalue weighted by atomic mass is 79.9. The molecule has 0 unspecified atom stereocenters. The molecule has 1 N–H and O–H groups in total. The van der Waals surface area contributed by atoms with Gasteiger partial charge in [0.05, 0.1) is 16.5 Å². The molecular formula is C25H19BrN4O7. The second kappa shape index (κ2) is 12.3. The minimum absolute atomic E-state index is 0.0401. The number of carbonyl (C=O) groups is 1. The third kappa shape index (κ3) is 7.12. The summed E-state index contributed by atoms with van der Waals surface area (Å²) in [6, 6.07) is 16.4. The van der Waals surface area contributed by atoms with E-state index in [0.717, 1.165) is 0 Å². The van der Waals surface area contributed by atoms with Crippen LogP contribution in [0.5, 0.6) is 11.5 Å². The Hall–Kier alpha value is -4.76. The van der Waals surface area contributed by atoms with Crippen LogP contribution in [0, 0.1) is 31.6 Å². The van der Waals surface area contributed by atoms with Gasteiger partial charge in [0.25, 0.3) is 17.3 Å². The molecule has 3 aromatic rings. The van der Waals surface area contributed by atoms with Crippen molar-refractivity contribution in [1.29, 1.82) is 5.26 Å². The molecule has 0 saturated carbocycles. The predicted molar refractivity (Wildman–Crippen MR) is 138 cm³/mol. The van der Waals surface area contributed by atoms with E-state index in [1.54, 1.807) is 31.2 Å². The summed E-state index contributed by atoms with van der Waals surface area (Å²) in [5.41, 5.74) is 0.683. The lowest BCUT2D eigenvalue weighted by atomic mass is 10.1. The van der Waals surface area contributed by atoms with E-state index < -0.39 is 15.8 Å². The van der Waals surface area contributed by atoms with Gasteiger partial charge in [0, 0.05) is 34.4 Å². The predicted octanol–water partition coefficient (Wildman–Crippen LogP) is 5.79. The molecule has 188 valence electrons. The molecule has 0 saturated heterocycles. The average Bonchev–Trinajstić information content (AvgIpc) is 2.88. The lowest BCUT2D eigenvalue weighted by Gasteiger charge is -2.14. The van der Waals surface area contributed by atoms with Gasteiger partial charge in [-0.15, -0.1) is 0 Å². The molecule has 0 heterocycles. The Balaban J connectivity index is 1.85. The van der Waals surface area contributed by atoms with Crippen molar-refractivity contribution < 1.29 is 24.1 Å². The van der Waals surface area contributed by atoms with E-state index in [9.17, 15) is 30.3 Å². The highest BCUT2D eigenvalue weighted by Gasteiger charge is 2.16. The Morgan fingerprint density at radius 1 is 1.03 bits per heavy atom. The molecule has 0 bridgehead atoms. The van der Waals surface area contributed by atoms with Gasteiger partial charge in [-0.05, 0) is 42.3 Å². The first kappa shape index (κ1) is 26.8. The van der Waals surface area contributed by atoms with Crippen LogP contribution in [0.25, 0.3) is 6.08 Å². The second-order valence-corrected chi connectivity index (χ2v) is 8.25. The summed E-state index contributed by atoms with van der Waals surface area (Å²) in [4.78, 5) is 33.6. The first-order valence-corrected chi connectivity index (χ1v) is 11.5. The topological polar surface area (TPSA) is 158 Å². The Bertz CT molecular complexity index is 1430. The summed E-state index contributed by atoms with van der Waals surface area (Å²) in [6.07, 6.45) is 1.34. The molecule has 37 heavy (non-hydrogen) atoms. The fourth-order valence-corrected chi connectivity index (χ4v) is 3.60. The summed E-state index contributed by atoms with van der Waals surface area (Å²) >= 11 is 3.40. The lowest BCUT2D eigenvalue weighted by molar-refractivity contribution is -0.385. The summed E-state index contributed by atoms with van der Waals surface area (Å²) in [5, 5.41) is 34.0. The van der Waals surface area contributed by atoms with Crippen molar-refractivity contribution in [2.75, 3.05) is 11.9 Å². The number of non-ortho nitro benzene ring substituents is 2. The maximum atomic E-state index is 12.7. The zero-order valence-corrected chi connectivity index (χ0v) is 20.9. The van der Waals surface area contributed by atoms with E-state index in [1.165, 1.54) is 42.5 Å². The molecular weight excluding hydrogens is 548 g/mol. The first-order valence-electron chi connectivity index (χ1n) is 10.7. The van der Waals surface area contributed by atoms with Crippen LogP contribution < -0.4 is 14.8 Å². The number of ether oxygens (including phenoxy) is 2. The minimum Gasteiger partial charge on any atom is -0.490 e. The fourth-order valence-electron chi connectivity index (χ4n) is 3.16. The van der Waals surface area contributed by atoms with Crippen molar-refractivity contribution in [1.82, 2.24) is 0 Å². The van der Waals surface area contributed by atoms with Crippen molar-refractivity contribution >= 4 is 45.0 Å². The molecule has 3 aromatic carbocycles. The van der Waals surface area contributed by atoms with Crippen LogP contribution in [0.2, 0.25) is 0 Å². The molecule has 3 rings (SSSR count). The van der Waals surface area contributed by atoms with Crippen LogP contribution in [0.4, 0.5) is 17.1 Å². The molecule has 0 spiro atoms. The van der Waals surface area contributed by atoms with Crippen molar-refractivity contribution in [3.63, 3.8) is 0 Å². The van der Waals surface area contributed by atoms with Gasteiger partial charge in [0.2, 0.25) is 0 Å². The normalized spacial score (nSPS) is 10.8. The van der Waals surface area contributed by atoms with Crippen LogP contribution in [-0.2, 0) is 11.4 Å². The molecule has 0 aliphatic carbocycles. The second-order valence-electron chi connectivity index (χ2n) is 7.40. The summed E-state index contributed by atoms with van der Waals surface area (Å²) in [6.45, 7) is 2.11. The van der Waals surface area contributed by atoms with E-state index >= 15 is 0 Å². The smallest absolute Gasteiger partial charge is 0.271 e. The molecule has 0 radical (unpaired) electrons. The Morgan fingerprint density at radius 2 is 1.68 bits per heavy atom. The number of hydrogen-bond acceptors (Lipinski definition) is 8. The van der Waals surface area contributed by atoms with Crippen LogP contribution in [-0.4, -0.2) is 22.4 Å². The molecule has 0 aliphatic rings. The van der Waals surface area contributed by atoms with E-state index in [0.29, 0.717) is 33.7 Å². The lowest BCUT2D eigenvalue weighted by Crippen LogP contribution is -2.13. The quantitative estimate of drug-likeness (QED) is 0.140. The maximum absolute atomic E-state index is 12.7. The number of nitrogens with one attached hydrogen (secondary N) is 1. The van der Waals surface area contributed by atoms with Crippen molar-refractivity contribution in [2.24, 2.45) is 0 Å². The van der Waals surface area contributed by atoms with Crippen molar-refractivity contribution in [3.8, 4) is 17.6 Å². The summed E-state index contributed by atoms with van der Waals surface area (Å²) < 4.78 is 12.0. The number of anilines is 1. The highest BCUT2D eigenvalue weighted by Crippen LogP contribution is 2.35. The SMILES string of the molecule is CCOc1cc(/C=C(\C#N)C(=O)Nc2cccc([N+](=O)[O-])c2)c(Br)cc1OCc1cccc([N+](=O)[O-])c1. The summed E-state index contributed by atoms with van der Waals surface area (Å²) in [7, 11) is 0. The number of hydrogen-bond donors (Lipinski definition) is 1. The van der Waals surface area contributed by atoms with Crippen LogP contribution >= 0.6 is 15.9 Å². The van der Waals surface area contributed by atoms with Crippen molar-refractivity contribution in [2.45, 2.75) is 13.5 Å². The van der Waals surface area contributed by atoms with E-state index in [1.807, 2.05) is 6.07 Å². The van der Waals surface area contributed by atoms with Crippen LogP contribution in [0.3, 0.4) is 0 Å². The molecule has 0 aromatic heterocycles. The van der Waals surface area contributed by atoms with Gasteiger partial charge >= 0.3 is 0 Å². The number of nitro benzene ring substituents is 2. The number of rotatable bonds is 10. The number of halogens is 1. The average molecular weight is 567 g/mol. The third-order valence-electron chi connectivity index (χ3n) is 4.86. The Labute approximate surface area is 219 Å². The van der Waals surface area contributed by atoms with Gasteiger partial charge in [0.1, 0.15) is 18.2 Å². The number of carbonyl (C=O) groups excluding carboxylic acids is 1. The molecule has 0 aliphatic heterocycles. The van der Waals surface area contributed by atoms with Crippen molar-refractivity contribution in [3.05, 3.63) is 102 Å². The van der Waals surface area contributed by atoms with Gasteiger partial charge in [-0.1, -0.05) is 34.1 Å². The zero-order chi connectivity index (χ0) is 26.9. The minimum atomic E-state index is -0.751. The van der Waals surface area contributed by atoms with Gasteiger partial charge in [-0.2, -0.15) is 5.26 Å². The van der Waals surface area contributed by atoms with Gasteiger partial charge < -0.3 is 14.8 Å². The number of nitrogens with zero attached hydrogens (tertiary/aromatic N) is 3.